The summed E-state index contributed by atoms with van der Waals surface area (Å²) in [5.74, 6) is 1.29. The van der Waals surface area contributed by atoms with Crippen LogP contribution in [0.5, 0.6) is 5.75 Å². The summed E-state index contributed by atoms with van der Waals surface area (Å²) < 4.78 is 10.9. The molecule has 2 aromatic rings. The van der Waals surface area contributed by atoms with E-state index in [1.165, 1.54) is 0 Å². The van der Waals surface area contributed by atoms with Crippen LogP contribution in [0.4, 0.5) is 0 Å². The van der Waals surface area contributed by atoms with Crippen molar-refractivity contribution in [2.75, 3.05) is 13.2 Å². The summed E-state index contributed by atoms with van der Waals surface area (Å²) in [6.07, 6.45) is 2.19. The minimum Gasteiger partial charge on any atom is -0.484 e. The van der Waals surface area contributed by atoms with Crippen molar-refractivity contribution in [2.24, 2.45) is 0 Å². The lowest BCUT2D eigenvalue weighted by atomic mass is 10.1. The number of hydrogen-bond acceptors (Lipinski definition) is 5. The zero-order chi connectivity index (χ0) is 16.9. The van der Waals surface area contributed by atoms with E-state index < -0.39 is 0 Å². The lowest BCUT2D eigenvalue weighted by molar-refractivity contribution is -0.134. The van der Waals surface area contributed by atoms with Crippen LogP contribution in [-0.4, -0.2) is 29.1 Å². The van der Waals surface area contributed by atoms with Crippen molar-refractivity contribution in [1.29, 1.82) is 5.26 Å². The Labute approximate surface area is 140 Å². The fraction of sp³-hybridized carbons (Fsp3) is 0.389. The van der Waals surface area contributed by atoms with Crippen LogP contribution in [0, 0.1) is 18.3 Å². The summed E-state index contributed by atoms with van der Waals surface area (Å²) in [5.41, 5.74) is 1.74. The van der Waals surface area contributed by atoms with Crippen LogP contribution in [0.2, 0.25) is 0 Å². The molecule has 0 unspecified atom stereocenters. The van der Waals surface area contributed by atoms with Gasteiger partial charge >= 0.3 is 0 Å². The Morgan fingerprint density at radius 3 is 2.92 bits per heavy atom. The van der Waals surface area contributed by atoms with Crippen LogP contribution in [-0.2, 0) is 11.2 Å². The fourth-order valence-electron chi connectivity index (χ4n) is 2.92. The van der Waals surface area contributed by atoms with Gasteiger partial charge in [0.2, 0.25) is 0 Å². The molecule has 0 radical (unpaired) electrons. The highest BCUT2D eigenvalue weighted by Gasteiger charge is 2.32. The standard InChI is InChI=1S/C18H19N3O3/c1-13-11-17(24-20-13)16-3-2-10-21(16)18(22)12-23-15-6-4-14(5-7-15)8-9-19/h4-7,11,16H,2-3,8,10,12H2,1H3/t16-/m0/s1. The van der Waals surface area contributed by atoms with Gasteiger partial charge in [0.15, 0.2) is 12.4 Å². The highest BCUT2D eigenvalue weighted by Crippen LogP contribution is 2.32. The van der Waals surface area contributed by atoms with Crippen molar-refractivity contribution in [1.82, 2.24) is 10.1 Å². The van der Waals surface area contributed by atoms with Gasteiger partial charge in [-0.15, -0.1) is 0 Å². The molecule has 1 saturated heterocycles. The van der Waals surface area contributed by atoms with Gasteiger partial charge in [0.1, 0.15) is 5.75 Å². The molecule has 1 atom stereocenters. The maximum absolute atomic E-state index is 12.5. The first-order valence-corrected chi connectivity index (χ1v) is 7.99. The van der Waals surface area contributed by atoms with Gasteiger partial charge in [-0.1, -0.05) is 17.3 Å². The van der Waals surface area contributed by atoms with E-state index in [2.05, 4.69) is 11.2 Å². The number of nitriles is 1. The summed E-state index contributed by atoms with van der Waals surface area (Å²) in [5, 5.41) is 12.6. The third kappa shape index (κ3) is 3.57. The quantitative estimate of drug-likeness (QED) is 0.844. The van der Waals surface area contributed by atoms with Crippen LogP contribution in [0.15, 0.2) is 34.9 Å². The molecule has 1 fully saturated rings. The second-order valence-electron chi connectivity index (χ2n) is 5.88. The molecule has 1 amide bonds. The molecule has 1 aliphatic heterocycles. The molecule has 6 nitrogen and oxygen atoms in total. The van der Waals surface area contributed by atoms with Gasteiger partial charge in [-0.2, -0.15) is 5.26 Å². The number of likely N-dealkylation sites (tertiary alicyclic amines) is 1. The van der Waals surface area contributed by atoms with Crippen LogP contribution in [0.3, 0.4) is 0 Å². The first-order valence-electron chi connectivity index (χ1n) is 7.99. The number of amides is 1. The topological polar surface area (TPSA) is 79.4 Å². The van der Waals surface area contributed by atoms with Gasteiger partial charge in [0.05, 0.1) is 24.2 Å². The van der Waals surface area contributed by atoms with Gasteiger partial charge in [0.25, 0.3) is 5.91 Å². The number of ether oxygens (including phenoxy) is 1. The van der Waals surface area contributed by atoms with Crippen molar-refractivity contribution in [3.8, 4) is 11.8 Å². The molecule has 3 rings (SSSR count). The van der Waals surface area contributed by atoms with Gasteiger partial charge in [0, 0.05) is 12.6 Å². The Hall–Kier alpha value is -2.81. The molecule has 2 heterocycles. The van der Waals surface area contributed by atoms with E-state index in [9.17, 15) is 4.79 Å². The fourth-order valence-corrected chi connectivity index (χ4v) is 2.92. The zero-order valence-electron chi connectivity index (χ0n) is 13.6. The Morgan fingerprint density at radius 2 is 2.25 bits per heavy atom. The summed E-state index contributed by atoms with van der Waals surface area (Å²) in [4.78, 5) is 14.3. The minimum atomic E-state index is -0.0624. The molecule has 0 saturated carbocycles. The molecule has 124 valence electrons. The van der Waals surface area contributed by atoms with Gasteiger partial charge < -0.3 is 14.2 Å². The maximum atomic E-state index is 12.5. The van der Waals surface area contributed by atoms with Crippen LogP contribution in [0.25, 0.3) is 0 Å². The average Bonchev–Trinajstić information content (AvgIpc) is 3.23. The van der Waals surface area contributed by atoms with Crippen molar-refractivity contribution in [3.05, 3.63) is 47.3 Å². The molecule has 0 spiro atoms. The molecular weight excluding hydrogens is 306 g/mol. The Morgan fingerprint density at radius 1 is 1.46 bits per heavy atom. The van der Waals surface area contributed by atoms with Crippen molar-refractivity contribution in [3.63, 3.8) is 0 Å². The second kappa shape index (κ2) is 7.18. The molecule has 24 heavy (non-hydrogen) atoms. The molecule has 1 aromatic carbocycles. The number of aromatic nitrogens is 1. The number of carbonyl (C=O) groups excluding carboxylic acids is 1. The number of hydrogen-bond donors (Lipinski definition) is 0. The molecule has 0 aliphatic carbocycles. The van der Waals surface area contributed by atoms with Crippen LogP contribution in [0.1, 0.15) is 35.9 Å². The summed E-state index contributed by atoms with van der Waals surface area (Å²) >= 11 is 0. The second-order valence-corrected chi connectivity index (χ2v) is 5.88. The Bertz CT molecular complexity index is 746. The molecule has 0 bridgehead atoms. The number of rotatable bonds is 5. The number of aryl methyl sites for hydroxylation is 1. The average molecular weight is 325 g/mol. The highest BCUT2D eigenvalue weighted by atomic mass is 16.5. The minimum absolute atomic E-state index is 0.0127. The Balaban J connectivity index is 1.59. The predicted molar refractivity (Wildman–Crippen MR) is 86.2 cm³/mol. The zero-order valence-corrected chi connectivity index (χ0v) is 13.6. The van der Waals surface area contributed by atoms with E-state index in [1.807, 2.05) is 25.1 Å². The molecular formula is C18H19N3O3. The maximum Gasteiger partial charge on any atom is 0.261 e. The van der Waals surface area contributed by atoms with Crippen LogP contribution >= 0.6 is 0 Å². The lowest BCUT2D eigenvalue weighted by Crippen LogP contribution is -2.34. The predicted octanol–water partition coefficient (Wildman–Crippen LogP) is 2.79. The van der Waals surface area contributed by atoms with Crippen molar-refractivity contribution in [2.45, 2.75) is 32.2 Å². The SMILES string of the molecule is Cc1cc([C@@H]2CCCN2C(=O)COc2ccc(CC#N)cc2)on1. The van der Waals surface area contributed by atoms with Gasteiger partial charge in [-0.05, 0) is 37.5 Å². The summed E-state index contributed by atoms with van der Waals surface area (Å²) in [7, 11) is 0. The number of carbonyl (C=O) groups is 1. The van der Waals surface area contributed by atoms with E-state index in [-0.39, 0.29) is 18.6 Å². The van der Waals surface area contributed by atoms with E-state index in [0.29, 0.717) is 18.7 Å². The largest absolute Gasteiger partial charge is 0.484 e. The van der Waals surface area contributed by atoms with E-state index in [4.69, 9.17) is 14.5 Å². The van der Waals surface area contributed by atoms with E-state index in [1.54, 1.807) is 17.0 Å². The molecule has 0 N–H and O–H groups in total. The van der Waals surface area contributed by atoms with Crippen LogP contribution < -0.4 is 4.74 Å². The first-order chi connectivity index (χ1) is 11.7. The monoisotopic (exact) mass is 325 g/mol. The normalized spacial score (nSPS) is 16.8. The Kier molecular flexibility index (Phi) is 4.80. The van der Waals surface area contributed by atoms with Crippen molar-refractivity contribution >= 4 is 5.91 Å². The summed E-state index contributed by atoms with van der Waals surface area (Å²) in [6.45, 7) is 2.56. The van der Waals surface area contributed by atoms with Gasteiger partial charge in [-0.3, -0.25) is 4.79 Å². The van der Waals surface area contributed by atoms with E-state index in [0.717, 1.165) is 29.9 Å². The summed E-state index contributed by atoms with van der Waals surface area (Å²) in [6, 6.07) is 11.1. The number of nitrogens with zero attached hydrogens (tertiary/aromatic N) is 3. The highest BCUT2D eigenvalue weighted by molar-refractivity contribution is 5.78. The third-order valence-corrected chi connectivity index (χ3v) is 4.12. The number of benzene rings is 1. The van der Waals surface area contributed by atoms with Crippen molar-refractivity contribution < 1.29 is 14.1 Å². The molecule has 1 aliphatic rings. The van der Waals surface area contributed by atoms with Gasteiger partial charge in [-0.25, -0.2) is 0 Å². The molecule has 1 aromatic heterocycles. The third-order valence-electron chi connectivity index (χ3n) is 4.12. The molecule has 6 heteroatoms. The van der Waals surface area contributed by atoms with E-state index >= 15 is 0 Å². The lowest BCUT2D eigenvalue weighted by Gasteiger charge is -2.22. The first kappa shape index (κ1) is 16.1. The smallest absolute Gasteiger partial charge is 0.261 e.